The number of rotatable bonds is 5. The van der Waals surface area contributed by atoms with Crippen LogP contribution in [-0.2, 0) is 0 Å². The molecule has 0 aliphatic heterocycles. The first-order valence-corrected chi connectivity index (χ1v) is 5.72. The zero-order valence-corrected chi connectivity index (χ0v) is 10.2. The largest absolute Gasteiger partial charge is 0.396 e. The molecule has 4 heteroatoms. The maximum Gasteiger partial charge on any atom is 0.251 e. The minimum atomic E-state index is -0.374. The minimum absolute atomic E-state index is 0.0287. The van der Waals surface area contributed by atoms with Crippen LogP contribution >= 0.6 is 0 Å². The molecule has 94 valence electrons. The molecule has 0 aromatic heterocycles. The van der Waals surface area contributed by atoms with Crippen molar-refractivity contribution in [3.8, 4) is 0 Å². The molecule has 0 aliphatic carbocycles. The van der Waals surface area contributed by atoms with Crippen LogP contribution in [0.15, 0.2) is 18.2 Å². The fourth-order valence-electron chi connectivity index (χ4n) is 1.51. The van der Waals surface area contributed by atoms with E-state index in [1.165, 1.54) is 6.07 Å². The number of aliphatic hydroxyl groups excluding tert-OH is 1. The van der Waals surface area contributed by atoms with Gasteiger partial charge in [-0.25, -0.2) is 4.39 Å². The topological polar surface area (TPSA) is 49.3 Å². The van der Waals surface area contributed by atoms with E-state index in [4.69, 9.17) is 5.11 Å². The molecule has 3 nitrogen and oxygen atoms in total. The highest BCUT2D eigenvalue weighted by atomic mass is 19.1. The number of hydrogen-bond donors (Lipinski definition) is 2. The second-order valence-electron chi connectivity index (χ2n) is 4.20. The van der Waals surface area contributed by atoms with Gasteiger partial charge in [-0.05, 0) is 44.4 Å². The van der Waals surface area contributed by atoms with E-state index >= 15 is 0 Å². The molecule has 0 aliphatic rings. The summed E-state index contributed by atoms with van der Waals surface area (Å²) < 4.78 is 13.3. The van der Waals surface area contributed by atoms with Crippen molar-refractivity contribution in [3.05, 3.63) is 35.1 Å². The van der Waals surface area contributed by atoms with E-state index in [9.17, 15) is 9.18 Å². The van der Waals surface area contributed by atoms with Gasteiger partial charge in [-0.15, -0.1) is 0 Å². The standard InChI is InChI=1S/C13H18FNO2/c1-9-5-6-11(8-12(9)14)13(17)15-10(2)4-3-7-16/h5-6,8,10,16H,3-4,7H2,1-2H3,(H,15,17). The van der Waals surface area contributed by atoms with Gasteiger partial charge >= 0.3 is 0 Å². The quantitative estimate of drug-likeness (QED) is 0.826. The van der Waals surface area contributed by atoms with E-state index in [1.54, 1.807) is 19.1 Å². The average Bonchev–Trinajstić information content (AvgIpc) is 2.30. The van der Waals surface area contributed by atoms with Gasteiger partial charge in [0.05, 0.1) is 0 Å². The lowest BCUT2D eigenvalue weighted by molar-refractivity contribution is 0.0936. The average molecular weight is 239 g/mol. The van der Waals surface area contributed by atoms with Gasteiger partial charge in [0.2, 0.25) is 0 Å². The Hall–Kier alpha value is -1.42. The van der Waals surface area contributed by atoms with Crippen molar-refractivity contribution in [2.24, 2.45) is 0 Å². The molecule has 0 saturated heterocycles. The molecule has 1 unspecified atom stereocenters. The third-order valence-electron chi connectivity index (χ3n) is 2.61. The summed E-state index contributed by atoms with van der Waals surface area (Å²) in [4.78, 5) is 11.7. The van der Waals surface area contributed by atoms with E-state index in [2.05, 4.69) is 5.32 Å². The van der Waals surface area contributed by atoms with Crippen molar-refractivity contribution >= 4 is 5.91 Å². The first kappa shape index (κ1) is 13.6. The second kappa shape index (κ2) is 6.35. The second-order valence-corrected chi connectivity index (χ2v) is 4.20. The minimum Gasteiger partial charge on any atom is -0.396 e. The number of halogens is 1. The molecule has 0 radical (unpaired) electrons. The van der Waals surface area contributed by atoms with Crippen molar-refractivity contribution in [1.82, 2.24) is 5.32 Å². The summed E-state index contributed by atoms with van der Waals surface area (Å²) in [6, 6.07) is 4.40. The number of carbonyl (C=O) groups excluding carboxylic acids is 1. The number of aliphatic hydroxyl groups is 1. The molecule has 1 aromatic rings. The Morgan fingerprint density at radius 2 is 2.24 bits per heavy atom. The van der Waals surface area contributed by atoms with Gasteiger partial charge in [-0.3, -0.25) is 4.79 Å². The molecule has 1 aromatic carbocycles. The molecule has 0 bridgehead atoms. The monoisotopic (exact) mass is 239 g/mol. The highest BCUT2D eigenvalue weighted by Gasteiger charge is 2.10. The molecule has 0 heterocycles. The Kier molecular flexibility index (Phi) is 5.10. The Labute approximate surface area is 101 Å². The number of aryl methyl sites for hydroxylation is 1. The highest BCUT2D eigenvalue weighted by molar-refractivity contribution is 5.94. The molecule has 0 fully saturated rings. The Morgan fingerprint density at radius 1 is 1.53 bits per heavy atom. The van der Waals surface area contributed by atoms with Gasteiger partial charge in [0.25, 0.3) is 5.91 Å². The van der Waals surface area contributed by atoms with Crippen molar-refractivity contribution < 1.29 is 14.3 Å². The van der Waals surface area contributed by atoms with Gasteiger partial charge in [-0.2, -0.15) is 0 Å². The SMILES string of the molecule is Cc1ccc(C(=O)NC(C)CCCO)cc1F. The lowest BCUT2D eigenvalue weighted by Crippen LogP contribution is -2.32. The van der Waals surface area contributed by atoms with Gasteiger partial charge in [0.15, 0.2) is 0 Å². The zero-order valence-electron chi connectivity index (χ0n) is 10.2. The van der Waals surface area contributed by atoms with Gasteiger partial charge in [-0.1, -0.05) is 6.07 Å². The summed E-state index contributed by atoms with van der Waals surface area (Å²) >= 11 is 0. The van der Waals surface area contributed by atoms with E-state index in [0.717, 1.165) is 0 Å². The molecule has 0 spiro atoms. The van der Waals surface area contributed by atoms with Crippen LogP contribution in [0.3, 0.4) is 0 Å². The molecular weight excluding hydrogens is 221 g/mol. The molecular formula is C13H18FNO2. The smallest absolute Gasteiger partial charge is 0.251 e. The summed E-state index contributed by atoms with van der Waals surface area (Å²) in [6.45, 7) is 3.62. The molecule has 1 atom stereocenters. The number of nitrogens with one attached hydrogen (secondary N) is 1. The van der Waals surface area contributed by atoms with Crippen LogP contribution in [0.25, 0.3) is 0 Å². The van der Waals surface area contributed by atoms with Gasteiger partial charge < -0.3 is 10.4 Å². The van der Waals surface area contributed by atoms with E-state index in [0.29, 0.717) is 24.0 Å². The van der Waals surface area contributed by atoms with Crippen LogP contribution < -0.4 is 5.32 Å². The molecule has 1 amide bonds. The van der Waals surface area contributed by atoms with Crippen LogP contribution in [0.5, 0.6) is 0 Å². The van der Waals surface area contributed by atoms with Crippen LogP contribution in [0, 0.1) is 12.7 Å². The predicted octanol–water partition coefficient (Wildman–Crippen LogP) is 2.02. The van der Waals surface area contributed by atoms with E-state index in [1.807, 2.05) is 6.92 Å². The zero-order chi connectivity index (χ0) is 12.8. The normalized spacial score (nSPS) is 12.2. The van der Waals surface area contributed by atoms with Crippen molar-refractivity contribution in [2.45, 2.75) is 32.7 Å². The molecule has 2 N–H and O–H groups in total. The molecule has 17 heavy (non-hydrogen) atoms. The summed E-state index contributed by atoms with van der Waals surface area (Å²) in [5, 5.41) is 11.4. The van der Waals surface area contributed by atoms with Crippen molar-refractivity contribution in [1.29, 1.82) is 0 Å². The van der Waals surface area contributed by atoms with Crippen LogP contribution in [0.2, 0.25) is 0 Å². The predicted molar refractivity (Wildman–Crippen MR) is 64.4 cm³/mol. The lowest BCUT2D eigenvalue weighted by atomic mass is 10.1. The number of carbonyl (C=O) groups is 1. The van der Waals surface area contributed by atoms with Gasteiger partial charge in [0.1, 0.15) is 5.82 Å². The summed E-state index contributed by atoms with van der Waals surface area (Å²) in [6.07, 6.45) is 1.35. The number of benzene rings is 1. The van der Waals surface area contributed by atoms with Crippen LogP contribution in [0.1, 0.15) is 35.7 Å². The summed E-state index contributed by atoms with van der Waals surface area (Å²) in [5.74, 6) is -0.657. The van der Waals surface area contributed by atoms with Gasteiger partial charge in [0, 0.05) is 18.2 Å². The third-order valence-corrected chi connectivity index (χ3v) is 2.61. The third kappa shape index (κ3) is 4.15. The maximum absolute atomic E-state index is 13.3. The van der Waals surface area contributed by atoms with Crippen molar-refractivity contribution in [2.75, 3.05) is 6.61 Å². The lowest BCUT2D eigenvalue weighted by Gasteiger charge is -2.13. The molecule has 1 rings (SSSR count). The van der Waals surface area contributed by atoms with Crippen molar-refractivity contribution in [3.63, 3.8) is 0 Å². The van der Waals surface area contributed by atoms with E-state index < -0.39 is 0 Å². The first-order valence-electron chi connectivity index (χ1n) is 5.72. The fourth-order valence-corrected chi connectivity index (χ4v) is 1.51. The first-order chi connectivity index (χ1) is 8.04. The Bertz CT molecular complexity index is 393. The fraction of sp³-hybridized carbons (Fsp3) is 0.462. The highest BCUT2D eigenvalue weighted by Crippen LogP contribution is 2.09. The van der Waals surface area contributed by atoms with Crippen LogP contribution in [-0.4, -0.2) is 23.7 Å². The number of amides is 1. The summed E-state index contributed by atoms with van der Waals surface area (Å²) in [5.41, 5.74) is 0.846. The van der Waals surface area contributed by atoms with E-state index in [-0.39, 0.29) is 24.4 Å². The molecule has 0 saturated carbocycles. The Balaban J connectivity index is 2.60. The maximum atomic E-state index is 13.3. The summed E-state index contributed by atoms with van der Waals surface area (Å²) in [7, 11) is 0. The van der Waals surface area contributed by atoms with Crippen LogP contribution in [0.4, 0.5) is 4.39 Å². The number of hydrogen-bond acceptors (Lipinski definition) is 2. The Morgan fingerprint density at radius 3 is 2.82 bits per heavy atom.